The summed E-state index contributed by atoms with van der Waals surface area (Å²) in [7, 11) is 0. The van der Waals surface area contributed by atoms with E-state index in [0.717, 1.165) is 43.8 Å². The Morgan fingerprint density at radius 3 is 2.79 bits per heavy atom. The van der Waals surface area contributed by atoms with E-state index in [1.807, 2.05) is 12.4 Å². The summed E-state index contributed by atoms with van der Waals surface area (Å²) < 4.78 is 6.76. The fraction of sp³-hybridized carbons (Fsp3) is 0.643. The first-order chi connectivity index (χ1) is 9.31. The van der Waals surface area contributed by atoms with Crippen molar-refractivity contribution in [2.24, 2.45) is 0 Å². The minimum Gasteiger partial charge on any atom is -0.377 e. The van der Waals surface area contributed by atoms with Crippen molar-refractivity contribution in [1.82, 2.24) is 9.88 Å². The topological polar surface area (TPSA) is 28.6 Å². The number of aromatic nitrogens is 1. The van der Waals surface area contributed by atoms with Gasteiger partial charge in [-0.05, 0) is 34.8 Å². The molecule has 2 fully saturated rings. The van der Waals surface area contributed by atoms with Crippen LogP contribution in [0, 0.1) is 0 Å². The van der Waals surface area contributed by atoms with Crippen LogP contribution in [0.3, 0.4) is 0 Å². The summed E-state index contributed by atoms with van der Waals surface area (Å²) in [5.41, 5.74) is 1.21. The first kappa shape index (κ1) is 13.3. The minimum atomic E-state index is 0.471. The fourth-order valence-corrected chi connectivity index (χ4v) is 3.19. The van der Waals surface area contributed by atoms with E-state index in [2.05, 4.69) is 36.8 Å². The van der Waals surface area contributed by atoms with Crippen LogP contribution in [0.4, 0.5) is 5.69 Å². The van der Waals surface area contributed by atoms with Gasteiger partial charge in [0.2, 0.25) is 0 Å². The van der Waals surface area contributed by atoms with Crippen LogP contribution in [-0.4, -0.2) is 55.3 Å². The van der Waals surface area contributed by atoms with Gasteiger partial charge in [0.15, 0.2) is 0 Å². The van der Waals surface area contributed by atoms with E-state index >= 15 is 0 Å². The highest BCUT2D eigenvalue weighted by molar-refractivity contribution is 9.10. The number of hydrogen-bond donors (Lipinski definition) is 0. The van der Waals surface area contributed by atoms with Crippen molar-refractivity contribution in [2.75, 3.05) is 44.2 Å². The smallest absolute Gasteiger partial charge is 0.0702 e. The third-order valence-electron chi connectivity index (χ3n) is 3.91. The Bertz CT molecular complexity index is 415. The monoisotopic (exact) mass is 325 g/mol. The standard InChI is InChI=1S/C14H20BrN3O/c15-12-8-13(10-16-9-12)18-5-3-17(4-6-18)11-14-2-1-7-19-14/h8-10,14H,1-7,11H2/t14-/m0/s1. The van der Waals surface area contributed by atoms with Gasteiger partial charge in [0.25, 0.3) is 0 Å². The van der Waals surface area contributed by atoms with Crippen molar-refractivity contribution >= 4 is 21.6 Å². The van der Waals surface area contributed by atoms with Crippen LogP contribution in [-0.2, 0) is 4.74 Å². The van der Waals surface area contributed by atoms with Crippen LogP contribution >= 0.6 is 15.9 Å². The summed E-state index contributed by atoms with van der Waals surface area (Å²) in [6.07, 6.45) is 6.71. The highest BCUT2D eigenvalue weighted by Crippen LogP contribution is 2.20. The molecule has 19 heavy (non-hydrogen) atoms. The summed E-state index contributed by atoms with van der Waals surface area (Å²) in [5, 5.41) is 0. The summed E-state index contributed by atoms with van der Waals surface area (Å²) >= 11 is 3.48. The average Bonchev–Trinajstić information content (AvgIpc) is 2.92. The number of pyridine rings is 1. The van der Waals surface area contributed by atoms with E-state index in [0.29, 0.717) is 6.10 Å². The van der Waals surface area contributed by atoms with E-state index in [-0.39, 0.29) is 0 Å². The highest BCUT2D eigenvalue weighted by Gasteiger charge is 2.22. The zero-order valence-corrected chi connectivity index (χ0v) is 12.7. The lowest BCUT2D eigenvalue weighted by Gasteiger charge is -2.36. The van der Waals surface area contributed by atoms with E-state index in [4.69, 9.17) is 4.74 Å². The lowest BCUT2D eigenvalue weighted by molar-refractivity contribution is 0.0713. The Labute approximate surface area is 122 Å². The predicted molar refractivity (Wildman–Crippen MR) is 79.6 cm³/mol. The molecule has 1 aromatic rings. The van der Waals surface area contributed by atoms with Crippen molar-refractivity contribution in [3.8, 4) is 0 Å². The second kappa shape index (κ2) is 6.20. The van der Waals surface area contributed by atoms with Crippen LogP contribution in [0.25, 0.3) is 0 Å². The molecule has 104 valence electrons. The molecule has 0 radical (unpaired) electrons. The van der Waals surface area contributed by atoms with Gasteiger partial charge in [-0.15, -0.1) is 0 Å². The van der Waals surface area contributed by atoms with E-state index in [1.165, 1.54) is 18.5 Å². The summed E-state index contributed by atoms with van der Waals surface area (Å²) in [4.78, 5) is 9.17. The number of rotatable bonds is 3. The van der Waals surface area contributed by atoms with Gasteiger partial charge < -0.3 is 9.64 Å². The fourth-order valence-electron chi connectivity index (χ4n) is 2.84. The van der Waals surface area contributed by atoms with Gasteiger partial charge in [-0.25, -0.2) is 0 Å². The lowest BCUT2D eigenvalue weighted by Crippen LogP contribution is -2.48. The molecule has 0 unspecified atom stereocenters. The highest BCUT2D eigenvalue weighted by atomic mass is 79.9. The number of hydrogen-bond acceptors (Lipinski definition) is 4. The van der Waals surface area contributed by atoms with Crippen molar-refractivity contribution < 1.29 is 4.74 Å². The van der Waals surface area contributed by atoms with Crippen LogP contribution in [0.15, 0.2) is 22.9 Å². The van der Waals surface area contributed by atoms with E-state index in [1.54, 1.807) is 0 Å². The second-order valence-corrected chi connectivity index (χ2v) is 6.20. The van der Waals surface area contributed by atoms with Crippen LogP contribution in [0.1, 0.15) is 12.8 Å². The van der Waals surface area contributed by atoms with Gasteiger partial charge in [-0.2, -0.15) is 0 Å². The molecule has 5 heteroatoms. The van der Waals surface area contributed by atoms with Gasteiger partial charge in [-0.1, -0.05) is 0 Å². The molecule has 0 N–H and O–H groups in total. The number of piperazine rings is 1. The number of ether oxygens (including phenoxy) is 1. The molecule has 3 heterocycles. The Morgan fingerprint density at radius 2 is 2.11 bits per heavy atom. The maximum absolute atomic E-state index is 5.71. The van der Waals surface area contributed by atoms with Crippen LogP contribution < -0.4 is 4.90 Å². The normalized spacial score (nSPS) is 24.9. The molecule has 1 atom stereocenters. The SMILES string of the molecule is Brc1cncc(N2CCN(C[C@@H]3CCCO3)CC2)c1. The Hall–Kier alpha value is -0.650. The molecule has 3 rings (SSSR count). The molecule has 0 amide bonds. The molecule has 0 aliphatic carbocycles. The Kier molecular flexibility index (Phi) is 4.35. The zero-order valence-electron chi connectivity index (χ0n) is 11.1. The maximum Gasteiger partial charge on any atom is 0.0702 e. The zero-order chi connectivity index (χ0) is 13.1. The molecule has 4 nitrogen and oxygen atoms in total. The molecule has 0 spiro atoms. The molecular weight excluding hydrogens is 306 g/mol. The van der Waals surface area contributed by atoms with Crippen LogP contribution in [0.2, 0.25) is 0 Å². The Morgan fingerprint density at radius 1 is 1.26 bits per heavy atom. The van der Waals surface area contributed by atoms with Gasteiger partial charge in [0.05, 0.1) is 18.0 Å². The molecular formula is C14H20BrN3O. The third kappa shape index (κ3) is 3.46. The summed E-state index contributed by atoms with van der Waals surface area (Å²) in [5.74, 6) is 0. The molecule has 2 aliphatic rings. The molecule has 0 bridgehead atoms. The van der Waals surface area contributed by atoms with Crippen molar-refractivity contribution in [2.45, 2.75) is 18.9 Å². The minimum absolute atomic E-state index is 0.471. The quantitative estimate of drug-likeness (QED) is 0.851. The largest absolute Gasteiger partial charge is 0.377 e. The number of nitrogens with zero attached hydrogens (tertiary/aromatic N) is 3. The third-order valence-corrected chi connectivity index (χ3v) is 4.35. The molecule has 2 aliphatic heterocycles. The van der Waals surface area contributed by atoms with Crippen molar-refractivity contribution in [3.05, 3.63) is 22.9 Å². The second-order valence-electron chi connectivity index (χ2n) is 5.28. The van der Waals surface area contributed by atoms with E-state index in [9.17, 15) is 0 Å². The maximum atomic E-state index is 5.71. The average molecular weight is 326 g/mol. The molecule has 2 saturated heterocycles. The van der Waals surface area contributed by atoms with Crippen LogP contribution in [0.5, 0.6) is 0 Å². The predicted octanol–water partition coefficient (Wildman–Crippen LogP) is 2.15. The number of anilines is 1. The molecule has 1 aromatic heterocycles. The summed E-state index contributed by atoms with van der Waals surface area (Å²) in [6, 6.07) is 2.14. The first-order valence-electron chi connectivity index (χ1n) is 7.01. The van der Waals surface area contributed by atoms with Crippen molar-refractivity contribution in [1.29, 1.82) is 0 Å². The Balaban J connectivity index is 1.51. The van der Waals surface area contributed by atoms with Gasteiger partial charge in [-0.3, -0.25) is 9.88 Å². The van der Waals surface area contributed by atoms with Gasteiger partial charge in [0.1, 0.15) is 0 Å². The number of halogens is 1. The van der Waals surface area contributed by atoms with Crippen molar-refractivity contribution in [3.63, 3.8) is 0 Å². The lowest BCUT2D eigenvalue weighted by atomic mass is 10.2. The molecule has 0 saturated carbocycles. The van der Waals surface area contributed by atoms with E-state index < -0.39 is 0 Å². The first-order valence-corrected chi connectivity index (χ1v) is 7.80. The summed E-state index contributed by atoms with van der Waals surface area (Å²) in [6.45, 7) is 6.44. The molecule has 0 aromatic carbocycles. The van der Waals surface area contributed by atoms with Gasteiger partial charge in [0, 0.05) is 50.0 Å². The van der Waals surface area contributed by atoms with Gasteiger partial charge >= 0.3 is 0 Å².